The number of nitro groups is 1. The predicted octanol–water partition coefficient (Wildman–Crippen LogP) is 3.70. The van der Waals surface area contributed by atoms with Gasteiger partial charge in [-0.15, -0.1) is 0 Å². The summed E-state index contributed by atoms with van der Waals surface area (Å²) in [4.78, 5) is 10.2. The lowest BCUT2D eigenvalue weighted by Gasteiger charge is -2.17. The number of ether oxygens (including phenoxy) is 1. The van der Waals surface area contributed by atoms with Crippen LogP contribution >= 0.6 is 0 Å². The highest BCUT2D eigenvalue weighted by atomic mass is 19.3. The zero-order chi connectivity index (χ0) is 16.0. The van der Waals surface area contributed by atoms with Crippen molar-refractivity contribution in [1.82, 2.24) is 0 Å². The smallest absolute Gasteiger partial charge is 0.333 e. The number of anilines is 1. The van der Waals surface area contributed by atoms with E-state index in [1.165, 1.54) is 12.1 Å². The molecule has 0 heterocycles. The summed E-state index contributed by atoms with van der Waals surface area (Å²) in [6, 6.07) is 3.81. The quantitative estimate of drug-likeness (QED) is 0.452. The average molecular weight is 310 g/mol. The fourth-order valence-electron chi connectivity index (χ4n) is 1.47. The van der Waals surface area contributed by atoms with Crippen LogP contribution < -0.4 is 10.1 Å². The van der Waals surface area contributed by atoms with E-state index in [1.54, 1.807) is 6.92 Å². The normalized spacial score (nSPS) is 11.5. The van der Waals surface area contributed by atoms with Crippen molar-refractivity contribution in [3.05, 3.63) is 28.3 Å². The number of nitrogens with one attached hydrogen (secondary N) is 1. The number of hydrogen-bond donors (Lipinski definition) is 1. The van der Waals surface area contributed by atoms with E-state index in [4.69, 9.17) is 4.74 Å². The Morgan fingerprint density at radius 1 is 1.43 bits per heavy atom. The molecule has 0 spiro atoms. The van der Waals surface area contributed by atoms with Crippen molar-refractivity contribution in [3.8, 4) is 5.75 Å². The highest BCUT2D eigenvalue weighted by molar-refractivity contribution is 5.68. The van der Waals surface area contributed by atoms with Gasteiger partial charge < -0.3 is 10.1 Å². The molecule has 0 saturated heterocycles. The standard InChI is InChI=1S/C12H14F4N2O3/c1-2-6-21-9-5-3-4-8(10(9)18(19)20)17-7-12(15,16)11(13)14/h3-5,11,17H,2,6-7H2,1H3. The first-order valence-electron chi connectivity index (χ1n) is 6.09. The summed E-state index contributed by atoms with van der Waals surface area (Å²) in [5.74, 6) is -4.39. The van der Waals surface area contributed by atoms with Crippen LogP contribution in [0.4, 0.5) is 28.9 Å². The summed E-state index contributed by atoms with van der Waals surface area (Å²) in [6.45, 7) is 0.581. The van der Waals surface area contributed by atoms with Gasteiger partial charge >= 0.3 is 18.0 Å². The molecule has 0 aliphatic rings. The maximum Gasteiger partial charge on any atom is 0.333 e. The predicted molar refractivity (Wildman–Crippen MR) is 68.3 cm³/mol. The third-order valence-corrected chi connectivity index (χ3v) is 2.48. The number of rotatable bonds is 8. The molecule has 9 heteroatoms. The third-order valence-electron chi connectivity index (χ3n) is 2.48. The van der Waals surface area contributed by atoms with E-state index in [-0.39, 0.29) is 18.0 Å². The van der Waals surface area contributed by atoms with Crippen LogP contribution in [0, 0.1) is 10.1 Å². The largest absolute Gasteiger partial charge is 0.487 e. The van der Waals surface area contributed by atoms with Gasteiger partial charge in [0.25, 0.3) is 0 Å². The number of alkyl halides is 4. The lowest BCUT2D eigenvalue weighted by atomic mass is 10.2. The summed E-state index contributed by atoms with van der Waals surface area (Å²) in [5, 5.41) is 13.0. The van der Waals surface area contributed by atoms with Crippen LogP contribution in [0.15, 0.2) is 18.2 Å². The van der Waals surface area contributed by atoms with Gasteiger partial charge in [-0.05, 0) is 18.6 Å². The van der Waals surface area contributed by atoms with E-state index in [1.807, 2.05) is 5.32 Å². The highest BCUT2D eigenvalue weighted by Crippen LogP contribution is 2.35. The average Bonchev–Trinajstić information content (AvgIpc) is 2.42. The van der Waals surface area contributed by atoms with Gasteiger partial charge in [-0.2, -0.15) is 8.78 Å². The van der Waals surface area contributed by atoms with Crippen LogP contribution in [0.1, 0.15) is 13.3 Å². The van der Waals surface area contributed by atoms with Crippen molar-refractivity contribution in [2.24, 2.45) is 0 Å². The summed E-state index contributed by atoms with van der Waals surface area (Å²) >= 11 is 0. The Balaban J connectivity index is 2.98. The van der Waals surface area contributed by atoms with Crippen molar-refractivity contribution in [2.45, 2.75) is 25.7 Å². The minimum atomic E-state index is -4.28. The molecule has 0 fully saturated rings. The van der Waals surface area contributed by atoms with Crippen molar-refractivity contribution < 1.29 is 27.2 Å². The second kappa shape index (κ2) is 7.09. The molecule has 0 aliphatic carbocycles. The van der Waals surface area contributed by atoms with Gasteiger partial charge in [0.2, 0.25) is 0 Å². The Bertz CT molecular complexity index is 497. The zero-order valence-electron chi connectivity index (χ0n) is 11.1. The number of benzene rings is 1. The molecule has 1 N–H and O–H groups in total. The van der Waals surface area contributed by atoms with Gasteiger partial charge in [-0.1, -0.05) is 13.0 Å². The molecule has 118 valence electrons. The first kappa shape index (κ1) is 17.0. The van der Waals surface area contributed by atoms with Crippen LogP contribution in [0.2, 0.25) is 0 Å². The lowest BCUT2D eigenvalue weighted by molar-refractivity contribution is -0.385. The number of nitro benzene ring substituents is 1. The van der Waals surface area contributed by atoms with E-state index in [0.717, 1.165) is 6.07 Å². The van der Waals surface area contributed by atoms with Crippen molar-refractivity contribution >= 4 is 11.4 Å². The molecule has 0 amide bonds. The Labute approximate surface area is 118 Å². The molecular weight excluding hydrogens is 296 g/mol. The SMILES string of the molecule is CCCOc1cccc(NCC(F)(F)C(F)F)c1[N+](=O)[O-]. The molecule has 1 aromatic rings. The molecule has 1 rings (SSSR count). The molecule has 0 aliphatic heterocycles. The second-order valence-electron chi connectivity index (χ2n) is 4.17. The monoisotopic (exact) mass is 310 g/mol. The van der Waals surface area contributed by atoms with Crippen LogP contribution in [-0.4, -0.2) is 30.4 Å². The van der Waals surface area contributed by atoms with Crippen molar-refractivity contribution in [1.29, 1.82) is 0 Å². The minimum absolute atomic E-state index is 0.104. The Kier molecular flexibility index (Phi) is 5.74. The molecular formula is C12H14F4N2O3. The molecule has 21 heavy (non-hydrogen) atoms. The fraction of sp³-hybridized carbons (Fsp3) is 0.500. The molecule has 0 aromatic heterocycles. The van der Waals surface area contributed by atoms with E-state index in [2.05, 4.69) is 0 Å². The Hall–Kier alpha value is -2.06. The van der Waals surface area contributed by atoms with E-state index >= 15 is 0 Å². The summed E-state index contributed by atoms with van der Waals surface area (Å²) < 4.78 is 55.0. The first-order valence-corrected chi connectivity index (χ1v) is 6.09. The molecule has 0 atom stereocenters. The summed E-state index contributed by atoms with van der Waals surface area (Å²) in [7, 11) is 0. The third kappa shape index (κ3) is 4.47. The number of halogens is 4. The van der Waals surface area contributed by atoms with Gasteiger partial charge in [0.05, 0.1) is 18.1 Å². The van der Waals surface area contributed by atoms with Gasteiger partial charge in [-0.3, -0.25) is 10.1 Å². The van der Waals surface area contributed by atoms with E-state index in [0.29, 0.717) is 6.42 Å². The molecule has 0 unspecified atom stereocenters. The topological polar surface area (TPSA) is 64.4 Å². The van der Waals surface area contributed by atoms with Gasteiger partial charge in [-0.25, -0.2) is 8.78 Å². The number of hydrogen-bond acceptors (Lipinski definition) is 4. The van der Waals surface area contributed by atoms with Crippen LogP contribution in [-0.2, 0) is 0 Å². The highest BCUT2D eigenvalue weighted by Gasteiger charge is 2.40. The van der Waals surface area contributed by atoms with Crippen LogP contribution in [0.5, 0.6) is 5.75 Å². The first-order chi connectivity index (χ1) is 9.79. The van der Waals surface area contributed by atoms with Gasteiger partial charge in [0.15, 0.2) is 5.75 Å². The Morgan fingerprint density at radius 3 is 2.62 bits per heavy atom. The maximum atomic E-state index is 12.9. The Morgan fingerprint density at radius 2 is 2.10 bits per heavy atom. The summed E-state index contributed by atoms with van der Waals surface area (Å²) in [5.41, 5.74) is -0.857. The molecule has 1 aromatic carbocycles. The van der Waals surface area contributed by atoms with Crippen molar-refractivity contribution in [3.63, 3.8) is 0 Å². The van der Waals surface area contributed by atoms with Crippen LogP contribution in [0.25, 0.3) is 0 Å². The van der Waals surface area contributed by atoms with Crippen molar-refractivity contribution in [2.75, 3.05) is 18.5 Å². The van der Waals surface area contributed by atoms with Gasteiger partial charge in [0.1, 0.15) is 5.69 Å². The van der Waals surface area contributed by atoms with Gasteiger partial charge in [0, 0.05) is 0 Å². The molecule has 0 bridgehead atoms. The molecule has 0 radical (unpaired) electrons. The maximum absolute atomic E-state index is 12.9. The number of nitrogens with zero attached hydrogens (tertiary/aromatic N) is 1. The summed E-state index contributed by atoms with van der Waals surface area (Å²) in [6.07, 6.45) is -3.26. The minimum Gasteiger partial charge on any atom is -0.487 e. The lowest BCUT2D eigenvalue weighted by Crippen LogP contribution is -2.34. The fourth-order valence-corrected chi connectivity index (χ4v) is 1.47. The zero-order valence-corrected chi connectivity index (χ0v) is 11.1. The van der Waals surface area contributed by atoms with E-state index < -0.39 is 29.5 Å². The second-order valence-corrected chi connectivity index (χ2v) is 4.17. The molecule has 5 nitrogen and oxygen atoms in total. The number of para-hydroxylation sites is 1. The van der Waals surface area contributed by atoms with Crippen LogP contribution in [0.3, 0.4) is 0 Å². The van der Waals surface area contributed by atoms with E-state index in [9.17, 15) is 27.7 Å². The molecule has 0 saturated carbocycles.